The predicted molar refractivity (Wildman–Crippen MR) is 225 cm³/mol. The summed E-state index contributed by atoms with van der Waals surface area (Å²) < 4.78 is 13.0. The SMILES string of the molecule is c1ccc(-c2nc(-c3ccc(-c4ccc(-c5cccc6oc7ccccc7c56)c5c4oc4ccccc45)cc3)nc(-c3ccccc3-c3cccnc3)n2)cc1. The first-order valence-corrected chi connectivity index (χ1v) is 18.5. The first-order valence-electron chi connectivity index (χ1n) is 18.5. The number of furan rings is 2. The van der Waals surface area contributed by atoms with Crippen molar-refractivity contribution in [2.45, 2.75) is 0 Å². The van der Waals surface area contributed by atoms with Gasteiger partial charge in [-0.2, -0.15) is 0 Å². The number of para-hydroxylation sites is 2. The van der Waals surface area contributed by atoms with Crippen LogP contribution in [0.1, 0.15) is 0 Å². The summed E-state index contributed by atoms with van der Waals surface area (Å²) in [5.74, 6) is 1.79. The van der Waals surface area contributed by atoms with Crippen molar-refractivity contribution in [3.63, 3.8) is 0 Å². The minimum Gasteiger partial charge on any atom is -0.456 e. The summed E-state index contributed by atoms with van der Waals surface area (Å²) in [6.07, 6.45) is 3.64. The van der Waals surface area contributed by atoms with Gasteiger partial charge < -0.3 is 8.83 Å². The van der Waals surface area contributed by atoms with E-state index in [1.807, 2.05) is 85.1 Å². The van der Waals surface area contributed by atoms with E-state index in [0.717, 1.165) is 93.9 Å². The summed E-state index contributed by atoms with van der Waals surface area (Å²) in [5.41, 5.74) is 12.3. The van der Waals surface area contributed by atoms with Gasteiger partial charge in [0.2, 0.25) is 0 Å². The summed E-state index contributed by atoms with van der Waals surface area (Å²) in [7, 11) is 0. The normalized spacial score (nSPS) is 11.6. The number of hydrogen-bond acceptors (Lipinski definition) is 6. The molecule has 0 spiro atoms. The lowest BCUT2D eigenvalue weighted by Crippen LogP contribution is -2.01. The van der Waals surface area contributed by atoms with Gasteiger partial charge in [0.25, 0.3) is 0 Å². The van der Waals surface area contributed by atoms with Crippen molar-refractivity contribution < 1.29 is 8.83 Å². The summed E-state index contributed by atoms with van der Waals surface area (Å²) >= 11 is 0. The highest BCUT2D eigenvalue weighted by molar-refractivity contribution is 6.21. The van der Waals surface area contributed by atoms with Crippen LogP contribution in [0.3, 0.4) is 0 Å². The lowest BCUT2D eigenvalue weighted by atomic mass is 9.92. The van der Waals surface area contributed by atoms with E-state index in [1.54, 1.807) is 6.20 Å². The number of fused-ring (bicyclic) bond motifs is 6. The maximum absolute atomic E-state index is 6.71. The van der Waals surface area contributed by atoms with Gasteiger partial charge in [0.05, 0.1) is 0 Å². The fraction of sp³-hybridized carbons (Fsp3) is 0. The van der Waals surface area contributed by atoms with Gasteiger partial charge in [0.15, 0.2) is 17.5 Å². The highest BCUT2D eigenvalue weighted by Gasteiger charge is 2.21. The Labute approximate surface area is 321 Å². The van der Waals surface area contributed by atoms with Crippen LogP contribution in [0.15, 0.2) is 191 Å². The van der Waals surface area contributed by atoms with Gasteiger partial charge in [0.1, 0.15) is 22.3 Å². The van der Waals surface area contributed by atoms with Crippen LogP contribution in [0.5, 0.6) is 0 Å². The van der Waals surface area contributed by atoms with Crippen LogP contribution in [0.2, 0.25) is 0 Å². The quantitative estimate of drug-likeness (QED) is 0.170. The molecular weight excluding hydrogens is 689 g/mol. The third-order valence-electron chi connectivity index (χ3n) is 10.5. The van der Waals surface area contributed by atoms with Crippen molar-refractivity contribution in [2.75, 3.05) is 0 Å². The molecule has 0 fully saturated rings. The Balaban J connectivity index is 1.05. The second-order valence-corrected chi connectivity index (χ2v) is 13.8. The van der Waals surface area contributed by atoms with Crippen molar-refractivity contribution in [1.29, 1.82) is 0 Å². The maximum Gasteiger partial charge on any atom is 0.164 e. The summed E-state index contributed by atoms with van der Waals surface area (Å²) in [5, 5.41) is 4.33. The molecule has 0 aliphatic heterocycles. The zero-order chi connectivity index (χ0) is 37.0. The standard InChI is InChI=1S/C50H30N4O2/c1-2-12-32(13-3-1)48-52-49(54-50(53-48)39-16-5-4-15-35(39)34-14-11-29-51-30-34)33-25-23-31(24-26-33)36-27-28-38(46-41-18-7-9-21-43(41)56-47(36)46)37-19-10-22-44-45(37)40-17-6-8-20-42(40)55-44/h1-30H. The largest absolute Gasteiger partial charge is 0.456 e. The Morgan fingerprint density at radius 3 is 1.64 bits per heavy atom. The molecule has 6 nitrogen and oxygen atoms in total. The third kappa shape index (κ3) is 5.27. The predicted octanol–water partition coefficient (Wildman–Crippen LogP) is 13.1. The Hall–Kier alpha value is -7.70. The number of rotatable bonds is 6. The Morgan fingerprint density at radius 1 is 0.321 bits per heavy atom. The van der Waals surface area contributed by atoms with E-state index in [0.29, 0.717) is 17.5 Å². The second kappa shape index (κ2) is 13.0. The second-order valence-electron chi connectivity index (χ2n) is 13.8. The van der Waals surface area contributed by atoms with Gasteiger partial charge in [-0.3, -0.25) is 4.98 Å². The molecular formula is C50H30N4O2. The molecule has 0 bridgehead atoms. The molecule has 7 aromatic carbocycles. The molecule has 262 valence electrons. The van der Waals surface area contributed by atoms with Crippen molar-refractivity contribution >= 4 is 43.9 Å². The minimum atomic E-state index is 0.589. The number of benzene rings is 7. The smallest absolute Gasteiger partial charge is 0.164 e. The zero-order valence-electron chi connectivity index (χ0n) is 29.9. The molecule has 6 heteroatoms. The molecule has 0 unspecified atom stereocenters. The molecule has 11 rings (SSSR count). The number of pyridine rings is 1. The topological polar surface area (TPSA) is 77.8 Å². The number of hydrogen-bond donors (Lipinski definition) is 0. The molecule has 0 saturated carbocycles. The lowest BCUT2D eigenvalue weighted by molar-refractivity contribution is 0.668. The van der Waals surface area contributed by atoms with Crippen LogP contribution in [0.25, 0.3) is 111 Å². The van der Waals surface area contributed by atoms with Gasteiger partial charge in [-0.05, 0) is 52.6 Å². The van der Waals surface area contributed by atoms with Crippen LogP contribution in [-0.2, 0) is 0 Å². The average molecular weight is 719 g/mol. The summed E-state index contributed by atoms with van der Waals surface area (Å²) in [6, 6.07) is 57.8. The van der Waals surface area contributed by atoms with E-state index in [2.05, 4.69) is 96.0 Å². The molecule has 0 aliphatic carbocycles. The van der Waals surface area contributed by atoms with Crippen LogP contribution < -0.4 is 0 Å². The minimum absolute atomic E-state index is 0.589. The molecule has 0 atom stereocenters. The molecule has 0 radical (unpaired) electrons. The van der Waals surface area contributed by atoms with Gasteiger partial charge in [-0.25, -0.2) is 15.0 Å². The van der Waals surface area contributed by atoms with Crippen molar-refractivity contribution in [3.05, 3.63) is 182 Å². The van der Waals surface area contributed by atoms with Gasteiger partial charge >= 0.3 is 0 Å². The molecule has 56 heavy (non-hydrogen) atoms. The molecule has 11 aromatic rings. The first kappa shape index (κ1) is 31.8. The maximum atomic E-state index is 6.71. The summed E-state index contributed by atoms with van der Waals surface area (Å²) in [6.45, 7) is 0. The lowest BCUT2D eigenvalue weighted by Gasteiger charge is -2.12. The van der Waals surface area contributed by atoms with E-state index >= 15 is 0 Å². The van der Waals surface area contributed by atoms with E-state index in [1.165, 1.54) is 0 Å². The number of nitrogens with zero attached hydrogens (tertiary/aromatic N) is 4. The number of aromatic nitrogens is 4. The molecule has 4 aromatic heterocycles. The molecule has 4 heterocycles. The van der Waals surface area contributed by atoms with Crippen molar-refractivity contribution in [3.8, 4) is 67.5 Å². The average Bonchev–Trinajstić information content (AvgIpc) is 3.86. The van der Waals surface area contributed by atoms with E-state index in [-0.39, 0.29) is 0 Å². The highest BCUT2D eigenvalue weighted by Crippen LogP contribution is 2.45. The van der Waals surface area contributed by atoms with E-state index in [4.69, 9.17) is 23.8 Å². The molecule has 0 aliphatic rings. The summed E-state index contributed by atoms with van der Waals surface area (Å²) in [4.78, 5) is 19.5. The first-order chi connectivity index (χ1) is 27.8. The Kier molecular flexibility index (Phi) is 7.38. The monoisotopic (exact) mass is 718 g/mol. The Bertz CT molecular complexity index is 3240. The van der Waals surface area contributed by atoms with E-state index < -0.39 is 0 Å². The van der Waals surface area contributed by atoms with E-state index in [9.17, 15) is 0 Å². The van der Waals surface area contributed by atoms with Crippen LogP contribution in [0, 0.1) is 0 Å². The van der Waals surface area contributed by atoms with Gasteiger partial charge in [-0.15, -0.1) is 0 Å². The van der Waals surface area contributed by atoms with Crippen LogP contribution >= 0.6 is 0 Å². The van der Waals surface area contributed by atoms with Crippen molar-refractivity contribution in [1.82, 2.24) is 19.9 Å². The van der Waals surface area contributed by atoms with Crippen LogP contribution in [0.4, 0.5) is 0 Å². The van der Waals surface area contributed by atoms with Crippen LogP contribution in [-0.4, -0.2) is 19.9 Å². The fourth-order valence-electron chi connectivity index (χ4n) is 7.87. The molecule has 0 saturated heterocycles. The van der Waals surface area contributed by atoms with Gasteiger partial charge in [-0.1, -0.05) is 140 Å². The zero-order valence-corrected chi connectivity index (χ0v) is 29.9. The van der Waals surface area contributed by atoms with Crippen molar-refractivity contribution in [2.24, 2.45) is 0 Å². The fourth-order valence-corrected chi connectivity index (χ4v) is 7.87. The third-order valence-corrected chi connectivity index (χ3v) is 10.5. The Morgan fingerprint density at radius 2 is 0.875 bits per heavy atom. The van der Waals surface area contributed by atoms with Gasteiger partial charge in [0, 0.05) is 61.8 Å². The highest BCUT2D eigenvalue weighted by atomic mass is 16.3. The molecule has 0 amide bonds. The molecule has 0 N–H and O–H groups in total.